The van der Waals surface area contributed by atoms with Gasteiger partial charge in [0.25, 0.3) is 0 Å². The molecule has 1 amide bonds. The summed E-state index contributed by atoms with van der Waals surface area (Å²) in [6, 6.07) is 6.57. The molecular formula is C19H25F3N2O3. The van der Waals surface area contributed by atoms with Crippen molar-refractivity contribution in [2.24, 2.45) is 17.6 Å². The van der Waals surface area contributed by atoms with Gasteiger partial charge in [0.2, 0.25) is 5.91 Å². The molecule has 1 saturated heterocycles. The summed E-state index contributed by atoms with van der Waals surface area (Å²) >= 11 is 0. The molecule has 0 saturated carbocycles. The number of alkyl halides is 3. The van der Waals surface area contributed by atoms with Crippen molar-refractivity contribution in [3.8, 4) is 0 Å². The van der Waals surface area contributed by atoms with Crippen LogP contribution in [0.3, 0.4) is 0 Å². The van der Waals surface area contributed by atoms with Gasteiger partial charge < -0.3 is 15.4 Å². The van der Waals surface area contributed by atoms with Gasteiger partial charge in [-0.1, -0.05) is 50.6 Å². The van der Waals surface area contributed by atoms with E-state index in [4.69, 9.17) is 10.5 Å². The predicted octanol–water partition coefficient (Wildman–Crippen LogP) is 2.88. The Labute approximate surface area is 156 Å². The van der Waals surface area contributed by atoms with Crippen LogP contribution >= 0.6 is 0 Å². The highest BCUT2D eigenvalue weighted by Crippen LogP contribution is 2.37. The third-order valence-corrected chi connectivity index (χ3v) is 5.09. The third kappa shape index (κ3) is 5.22. The van der Waals surface area contributed by atoms with E-state index in [0.29, 0.717) is 12.0 Å². The van der Waals surface area contributed by atoms with E-state index in [0.717, 1.165) is 4.90 Å². The molecule has 0 aliphatic carbocycles. The normalized spacial score (nSPS) is 22.4. The molecule has 150 valence electrons. The fraction of sp³-hybridized carbons (Fsp3) is 0.579. The molecule has 4 atom stereocenters. The second-order valence-corrected chi connectivity index (χ2v) is 6.99. The van der Waals surface area contributed by atoms with Gasteiger partial charge in [0.1, 0.15) is 12.6 Å². The minimum absolute atomic E-state index is 0.0632. The highest BCUT2D eigenvalue weighted by molar-refractivity contribution is 5.88. The number of nitrogens with two attached hydrogens (primary N) is 1. The molecule has 2 N–H and O–H groups in total. The molecular weight excluding hydrogens is 361 g/mol. The van der Waals surface area contributed by atoms with E-state index in [-0.39, 0.29) is 12.5 Å². The van der Waals surface area contributed by atoms with Gasteiger partial charge in [-0.05, 0) is 17.9 Å². The topological polar surface area (TPSA) is 72.6 Å². The molecule has 0 bridgehead atoms. The first-order chi connectivity index (χ1) is 12.6. The maximum Gasteiger partial charge on any atom is 0.393 e. The molecule has 5 nitrogen and oxygen atoms in total. The molecule has 0 radical (unpaired) electrons. The van der Waals surface area contributed by atoms with Crippen LogP contribution in [0.1, 0.15) is 32.3 Å². The van der Waals surface area contributed by atoms with Gasteiger partial charge in [0.15, 0.2) is 0 Å². The summed E-state index contributed by atoms with van der Waals surface area (Å²) in [5.41, 5.74) is 6.62. The Morgan fingerprint density at radius 1 is 1.30 bits per heavy atom. The van der Waals surface area contributed by atoms with Crippen LogP contribution in [0.4, 0.5) is 13.2 Å². The fourth-order valence-corrected chi connectivity index (χ4v) is 3.05. The molecule has 1 aliphatic rings. The number of likely N-dealkylation sites (tertiary alicyclic amines) is 1. The molecule has 0 unspecified atom stereocenters. The number of rotatable bonds is 6. The van der Waals surface area contributed by atoms with Crippen LogP contribution in [0, 0.1) is 11.8 Å². The average Bonchev–Trinajstić information content (AvgIpc) is 3.11. The van der Waals surface area contributed by atoms with Crippen LogP contribution in [-0.2, 0) is 20.9 Å². The lowest BCUT2D eigenvalue weighted by Gasteiger charge is -2.28. The smallest absolute Gasteiger partial charge is 0.393 e. The summed E-state index contributed by atoms with van der Waals surface area (Å²) in [6.45, 7) is 2.96. The zero-order valence-corrected chi connectivity index (χ0v) is 15.4. The highest BCUT2D eigenvalue weighted by atomic mass is 19.4. The van der Waals surface area contributed by atoms with Crippen molar-refractivity contribution in [1.82, 2.24) is 4.90 Å². The van der Waals surface area contributed by atoms with Gasteiger partial charge in [-0.2, -0.15) is 13.2 Å². The van der Waals surface area contributed by atoms with Crippen LogP contribution < -0.4 is 5.73 Å². The standard InChI is InChI=1S/C19H25F3N2O3/c1-3-12(2)16(23)17(25)24-10-14(19(20,21)22)9-15(24)18(26)27-11-13-7-5-4-6-8-13/h4-8,12,14-16H,3,9-11,23H2,1-2H3/t12-,14+,15-,16-/m0/s1. The maximum absolute atomic E-state index is 13.2. The minimum Gasteiger partial charge on any atom is -0.459 e. The lowest BCUT2D eigenvalue weighted by atomic mass is 9.98. The molecule has 27 heavy (non-hydrogen) atoms. The largest absolute Gasteiger partial charge is 0.459 e. The maximum atomic E-state index is 13.2. The number of nitrogens with zero attached hydrogens (tertiary/aromatic N) is 1. The van der Waals surface area contributed by atoms with Crippen LogP contribution in [-0.4, -0.2) is 41.6 Å². The SMILES string of the molecule is CC[C@H](C)[C@H](N)C(=O)N1C[C@H](C(F)(F)F)C[C@H]1C(=O)OCc1ccccc1. The first-order valence-electron chi connectivity index (χ1n) is 8.98. The summed E-state index contributed by atoms with van der Waals surface area (Å²) in [4.78, 5) is 26.0. The fourth-order valence-electron chi connectivity index (χ4n) is 3.05. The Balaban J connectivity index is 2.13. The van der Waals surface area contributed by atoms with Gasteiger partial charge in [0.05, 0.1) is 12.0 Å². The van der Waals surface area contributed by atoms with Gasteiger partial charge in [-0.3, -0.25) is 4.79 Å². The van der Waals surface area contributed by atoms with Crippen molar-refractivity contribution >= 4 is 11.9 Å². The zero-order valence-electron chi connectivity index (χ0n) is 15.4. The van der Waals surface area contributed by atoms with Crippen molar-refractivity contribution in [1.29, 1.82) is 0 Å². The van der Waals surface area contributed by atoms with Crippen molar-refractivity contribution in [2.75, 3.05) is 6.54 Å². The number of ether oxygens (including phenoxy) is 1. The van der Waals surface area contributed by atoms with Gasteiger partial charge in [-0.15, -0.1) is 0 Å². The first-order valence-corrected chi connectivity index (χ1v) is 8.98. The zero-order chi connectivity index (χ0) is 20.2. The summed E-state index contributed by atoms with van der Waals surface area (Å²) in [7, 11) is 0. The molecule has 2 rings (SSSR count). The number of halogens is 3. The summed E-state index contributed by atoms with van der Waals surface area (Å²) in [5, 5.41) is 0. The van der Waals surface area contributed by atoms with Crippen LogP contribution in [0.25, 0.3) is 0 Å². The van der Waals surface area contributed by atoms with Gasteiger partial charge in [0, 0.05) is 6.54 Å². The van der Waals surface area contributed by atoms with E-state index in [2.05, 4.69) is 0 Å². The molecule has 1 aromatic rings. The number of esters is 1. The van der Waals surface area contributed by atoms with E-state index < -0.39 is 49.0 Å². The Kier molecular flexibility index (Phi) is 6.86. The minimum atomic E-state index is -4.49. The molecule has 0 spiro atoms. The van der Waals surface area contributed by atoms with Crippen LogP contribution in [0.5, 0.6) is 0 Å². The second-order valence-electron chi connectivity index (χ2n) is 6.99. The van der Waals surface area contributed by atoms with Crippen molar-refractivity contribution < 1.29 is 27.5 Å². The predicted molar refractivity (Wildman–Crippen MR) is 93.3 cm³/mol. The highest BCUT2D eigenvalue weighted by Gasteiger charge is 2.52. The first kappa shape index (κ1) is 21.2. The van der Waals surface area contributed by atoms with Crippen molar-refractivity contribution in [2.45, 2.75) is 51.6 Å². The van der Waals surface area contributed by atoms with Gasteiger partial charge in [-0.25, -0.2) is 4.79 Å². The number of amides is 1. The number of hydrogen-bond acceptors (Lipinski definition) is 4. The second kappa shape index (κ2) is 8.73. The molecule has 1 fully saturated rings. The summed E-state index contributed by atoms with van der Waals surface area (Å²) in [5.74, 6) is -3.45. The Morgan fingerprint density at radius 3 is 2.48 bits per heavy atom. The molecule has 1 aliphatic heterocycles. The van der Waals surface area contributed by atoms with Crippen molar-refractivity contribution in [3.05, 3.63) is 35.9 Å². The Hall–Kier alpha value is -2.09. The quantitative estimate of drug-likeness (QED) is 0.763. The monoisotopic (exact) mass is 386 g/mol. The third-order valence-electron chi connectivity index (χ3n) is 5.09. The van der Waals surface area contributed by atoms with Crippen LogP contribution in [0.2, 0.25) is 0 Å². The summed E-state index contributed by atoms with van der Waals surface area (Å²) < 4.78 is 44.7. The van der Waals surface area contributed by atoms with E-state index >= 15 is 0 Å². The lowest BCUT2D eigenvalue weighted by molar-refractivity contribution is -0.171. The van der Waals surface area contributed by atoms with Crippen LogP contribution in [0.15, 0.2) is 30.3 Å². The number of carbonyl (C=O) groups excluding carboxylic acids is 2. The van der Waals surface area contributed by atoms with Gasteiger partial charge >= 0.3 is 12.1 Å². The molecule has 1 aromatic carbocycles. The Morgan fingerprint density at radius 2 is 1.93 bits per heavy atom. The van der Waals surface area contributed by atoms with Crippen molar-refractivity contribution in [3.63, 3.8) is 0 Å². The number of carbonyl (C=O) groups is 2. The number of benzene rings is 1. The number of hydrogen-bond donors (Lipinski definition) is 1. The van der Waals surface area contributed by atoms with E-state index in [1.807, 2.05) is 6.92 Å². The average molecular weight is 386 g/mol. The van der Waals surface area contributed by atoms with E-state index in [1.165, 1.54) is 0 Å². The van der Waals surface area contributed by atoms with E-state index in [9.17, 15) is 22.8 Å². The molecule has 8 heteroatoms. The Bertz CT molecular complexity index is 651. The summed E-state index contributed by atoms with van der Waals surface area (Å²) in [6.07, 6.45) is -4.39. The molecule has 1 heterocycles. The van der Waals surface area contributed by atoms with E-state index in [1.54, 1.807) is 37.3 Å². The molecule has 0 aromatic heterocycles. The lowest BCUT2D eigenvalue weighted by Crippen LogP contribution is -2.51.